The van der Waals surface area contributed by atoms with Crippen LogP contribution in [0.2, 0.25) is 0 Å². The lowest BCUT2D eigenvalue weighted by molar-refractivity contribution is -0.185. The van der Waals surface area contributed by atoms with Gasteiger partial charge in [0.25, 0.3) is 0 Å². The number of alkyl halides is 6. The van der Waals surface area contributed by atoms with Crippen molar-refractivity contribution in [3.05, 3.63) is 23.8 Å². The van der Waals surface area contributed by atoms with Crippen LogP contribution in [0.4, 0.5) is 37.7 Å². The number of amides is 2. The first-order valence-corrected chi connectivity index (χ1v) is 10.8. The van der Waals surface area contributed by atoms with E-state index in [0.29, 0.717) is 16.2 Å². The van der Waals surface area contributed by atoms with Crippen molar-refractivity contribution in [2.45, 2.75) is 37.7 Å². The number of rotatable bonds is 4. The van der Waals surface area contributed by atoms with Crippen LogP contribution in [0.5, 0.6) is 0 Å². The molecule has 0 spiro atoms. The lowest BCUT2D eigenvalue weighted by Gasteiger charge is -2.37. The molecule has 0 radical (unpaired) electrons. The molecule has 2 fully saturated rings. The average molecular weight is 511 g/mol. The monoisotopic (exact) mass is 511 g/mol. The maximum atomic E-state index is 13.5. The van der Waals surface area contributed by atoms with Gasteiger partial charge in [-0.15, -0.1) is 0 Å². The van der Waals surface area contributed by atoms with Gasteiger partial charge < -0.3 is 24.5 Å². The van der Waals surface area contributed by atoms with E-state index in [1.54, 1.807) is 0 Å². The Morgan fingerprint density at radius 2 is 1.60 bits per heavy atom. The largest absolute Gasteiger partial charge is 0.478 e. The summed E-state index contributed by atoms with van der Waals surface area (Å²) in [5.41, 5.74) is -0.769. The Morgan fingerprint density at radius 1 is 0.943 bits per heavy atom. The predicted octanol–water partition coefficient (Wildman–Crippen LogP) is 3.06. The Morgan fingerprint density at radius 3 is 2.17 bits per heavy atom. The van der Waals surface area contributed by atoms with E-state index in [1.165, 1.54) is 11.0 Å². The molecule has 0 saturated carbocycles. The molecule has 1 N–H and O–H groups in total. The zero-order valence-corrected chi connectivity index (χ0v) is 18.4. The lowest BCUT2D eigenvalue weighted by Crippen LogP contribution is -2.52. The number of halogens is 6. The molecule has 14 heteroatoms. The van der Waals surface area contributed by atoms with Gasteiger partial charge in [-0.25, -0.2) is 4.79 Å². The summed E-state index contributed by atoms with van der Waals surface area (Å²) >= 11 is 0. The first-order valence-electron chi connectivity index (χ1n) is 10.8. The zero-order valence-electron chi connectivity index (χ0n) is 18.4. The molecule has 2 aliphatic heterocycles. The fraction of sp³-hybridized carbons (Fsp3) is 0.571. The summed E-state index contributed by atoms with van der Waals surface area (Å²) in [6.45, 7) is -0.351. The second-order valence-electron chi connectivity index (χ2n) is 8.15. The van der Waals surface area contributed by atoms with Crippen LogP contribution in [-0.2, 0) is 14.3 Å². The van der Waals surface area contributed by atoms with E-state index in [0.717, 1.165) is 12.1 Å². The lowest BCUT2D eigenvalue weighted by atomic mass is 10.0. The number of piperazine rings is 1. The summed E-state index contributed by atoms with van der Waals surface area (Å²) in [7, 11) is 0. The van der Waals surface area contributed by atoms with Gasteiger partial charge in [-0.1, -0.05) is 0 Å². The van der Waals surface area contributed by atoms with Crippen molar-refractivity contribution in [2.75, 3.05) is 49.2 Å². The van der Waals surface area contributed by atoms with E-state index in [9.17, 15) is 45.8 Å². The minimum Gasteiger partial charge on any atom is -0.478 e. The number of hydrogen-bond acceptors (Lipinski definition) is 5. The predicted molar refractivity (Wildman–Crippen MR) is 110 cm³/mol. The van der Waals surface area contributed by atoms with Crippen molar-refractivity contribution in [3.8, 4) is 0 Å². The molecule has 1 atom stereocenters. The molecular weight excluding hydrogens is 488 g/mol. The number of hydrogen-bond donors (Lipinski definition) is 1. The van der Waals surface area contributed by atoms with Gasteiger partial charge in [-0.3, -0.25) is 9.59 Å². The maximum Gasteiger partial charge on any atom is 0.471 e. The molecule has 8 nitrogen and oxygen atoms in total. The molecular formula is C21H23F6N3O5. The Bertz CT molecular complexity index is 952. The smallest absolute Gasteiger partial charge is 0.471 e. The quantitative estimate of drug-likeness (QED) is 0.626. The summed E-state index contributed by atoms with van der Waals surface area (Å²) in [5, 5.41) is 9.62. The standard InChI is InChI=1S/C21H23F6N3O5/c22-20(23,24)18(33)29-8-6-28(7-9-29)14-3-4-15(17(31)32)16(12-14)30(19(34)21(25,26)27)13-2-1-10-35-11-5-13/h3-4,12-13H,1-2,5-11H2,(H,31,32). The van der Waals surface area contributed by atoms with E-state index in [-0.39, 0.29) is 57.9 Å². The third kappa shape index (κ3) is 6.16. The van der Waals surface area contributed by atoms with Crippen molar-refractivity contribution in [1.82, 2.24) is 4.90 Å². The molecule has 2 aliphatic rings. The van der Waals surface area contributed by atoms with Gasteiger partial charge in [0.1, 0.15) is 0 Å². The van der Waals surface area contributed by atoms with Gasteiger partial charge in [-0.05, 0) is 37.5 Å². The number of carboxylic acid groups (broad SMARTS) is 1. The molecule has 2 saturated heterocycles. The highest BCUT2D eigenvalue weighted by Crippen LogP contribution is 2.35. The highest BCUT2D eigenvalue weighted by molar-refractivity contribution is 6.05. The number of carboxylic acids is 1. The molecule has 194 valence electrons. The first-order chi connectivity index (χ1) is 16.3. The second-order valence-corrected chi connectivity index (χ2v) is 8.15. The molecule has 1 aromatic rings. The number of carbonyl (C=O) groups excluding carboxylic acids is 2. The minimum absolute atomic E-state index is 0.0589. The number of carbonyl (C=O) groups is 3. The van der Waals surface area contributed by atoms with Crippen molar-refractivity contribution in [1.29, 1.82) is 0 Å². The van der Waals surface area contributed by atoms with E-state index >= 15 is 0 Å². The van der Waals surface area contributed by atoms with Crippen LogP contribution in [0, 0.1) is 0 Å². The summed E-state index contributed by atoms with van der Waals surface area (Å²) in [6.07, 6.45) is -9.72. The van der Waals surface area contributed by atoms with Gasteiger partial charge in [0.05, 0.1) is 11.3 Å². The summed E-state index contributed by atoms with van der Waals surface area (Å²) < 4.78 is 84.0. The van der Waals surface area contributed by atoms with Crippen LogP contribution in [0.25, 0.3) is 0 Å². The zero-order chi connectivity index (χ0) is 26.0. The highest BCUT2D eigenvalue weighted by atomic mass is 19.4. The van der Waals surface area contributed by atoms with Gasteiger partial charge in [-0.2, -0.15) is 26.3 Å². The highest BCUT2D eigenvalue weighted by Gasteiger charge is 2.47. The van der Waals surface area contributed by atoms with Gasteiger partial charge in [0, 0.05) is 51.1 Å². The van der Waals surface area contributed by atoms with E-state index < -0.39 is 47.4 Å². The van der Waals surface area contributed by atoms with Crippen LogP contribution >= 0.6 is 0 Å². The van der Waals surface area contributed by atoms with Crippen molar-refractivity contribution < 1.29 is 50.6 Å². The molecule has 3 rings (SSSR count). The van der Waals surface area contributed by atoms with Gasteiger partial charge in [0.15, 0.2) is 0 Å². The van der Waals surface area contributed by atoms with Crippen LogP contribution in [0.3, 0.4) is 0 Å². The first kappa shape index (κ1) is 26.6. The molecule has 1 aromatic carbocycles. The summed E-state index contributed by atoms with van der Waals surface area (Å²) in [5.74, 6) is -5.75. The number of ether oxygens (including phenoxy) is 1. The molecule has 1 unspecified atom stereocenters. The van der Waals surface area contributed by atoms with Gasteiger partial charge in [0.2, 0.25) is 0 Å². The SMILES string of the molecule is O=C(O)c1ccc(N2CCN(C(=O)C(F)(F)F)CC2)cc1N(C(=O)C(F)(F)F)C1CCCOCC1. The molecule has 35 heavy (non-hydrogen) atoms. The van der Waals surface area contributed by atoms with Crippen LogP contribution in [0.1, 0.15) is 29.6 Å². The fourth-order valence-corrected chi connectivity index (χ4v) is 4.20. The minimum atomic E-state index is -5.28. The molecule has 0 aliphatic carbocycles. The summed E-state index contributed by atoms with van der Waals surface area (Å²) in [6, 6.07) is 2.52. The van der Waals surface area contributed by atoms with Crippen molar-refractivity contribution in [2.24, 2.45) is 0 Å². The number of nitrogens with zero attached hydrogens (tertiary/aromatic N) is 3. The van der Waals surface area contributed by atoms with Crippen molar-refractivity contribution in [3.63, 3.8) is 0 Å². The Balaban J connectivity index is 1.96. The molecule has 0 bridgehead atoms. The maximum absolute atomic E-state index is 13.5. The van der Waals surface area contributed by atoms with Crippen LogP contribution in [0.15, 0.2) is 18.2 Å². The van der Waals surface area contributed by atoms with E-state index in [4.69, 9.17) is 4.74 Å². The van der Waals surface area contributed by atoms with Crippen LogP contribution < -0.4 is 9.80 Å². The summed E-state index contributed by atoms with van der Waals surface area (Å²) in [4.78, 5) is 38.3. The Labute approximate surface area is 196 Å². The third-order valence-electron chi connectivity index (χ3n) is 5.89. The average Bonchev–Trinajstić information content (AvgIpc) is 3.07. The Hall–Kier alpha value is -3.03. The number of aromatic carboxylic acids is 1. The van der Waals surface area contributed by atoms with Crippen molar-refractivity contribution >= 4 is 29.2 Å². The molecule has 2 heterocycles. The second kappa shape index (κ2) is 10.3. The normalized spacial score (nSPS) is 19.8. The fourth-order valence-electron chi connectivity index (χ4n) is 4.20. The third-order valence-corrected chi connectivity index (χ3v) is 5.89. The van der Waals surface area contributed by atoms with Gasteiger partial charge >= 0.3 is 30.1 Å². The molecule has 2 amide bonds. The van der Waals surface area contributed by atoms with Crippen LogP contribution in [-0.4, -0.2) is 85.6 Å². The Kier molecular flexibility index (Phi) is 7.82. The van der Waals surface area contributed by atoms with E-state index in [1.807, 2.05) is 0 Å². The molecule has 0 aromatic heterocycles. The van der Waals surface area contributed by atoms with E-state index in [2.05, 4.69) is 0 Å². The topological polar surface area (TPSA) is 90.4 Å². The number of benzene rings is 1. The number of anilines is 2.